The molecule has 128 valence electrons. The van der Waals surface area contributed by atoms with E-state index in [1.807, 2.05) is 30.3 Å². The van der Waals surface area contributed by atoms with E-state index in [1.54, 1.807) is 30.1 Å². The molecule has 0 N–H and O–H groups in total. The maximum absolute atomic E-state index is 12.5. The molecule has 1 aliphatic rings. The first kappa shape index (κ1) is 16.7. The SMILES string of the molecule is CN(Cc1ccccc1)C(=O)CN1C(=O)COc2ccc(C=O)cc21. The second-order valence-electron chi connectivity index (χ2n) is 5.85. The van der Waals surface area contributed by atoms with E-state index in [-0.39, 0.29) is 25.0 Å². The van der Waals surface area contributed by atoms with Gasteiger partial charge in [-0.1, -0.05) is 30.3 Å². The van der Waals surface area contributed by atoms with Crippen molar-refractivity contribution in [3.8, 4) is 5.75 Å². The Labute approximate surface area is 145 Å². The van der Waals surface area contributed by atoms with E-state index in [0.717, 1.165) is 5.56 Å². The summed E-state index contributed by atoms with van der Waals surface area (Å²) in [6.07, 6.45) is 0.695. The normalized spacial score (nSPS) is 13.0. The van der Waals surface area contributed by atoms with Gasteiger partial charge in [-0.15, -0.1) is 0 Å². The van der Waals surface area contributed by atoms with E-state index in [9.17, 15) is 14.4 Å². The Balaban J connectivity index is 1.76. The number of nitrogens with zero attached hydrogens (tertiary/aromatic N) is 2. The number of carbonyl (C=O) groups excluding carboxylic acids is 3. The van der Waals surface area contributed by atoms with Crippen molar-refractivity contribution in [2.24, 2.45) is 0 Å². The topological polar surface area (TPSA) is 66.9 Å². The summed E-state index contributed by atoms with van der Waals surface area (Å²) in [4.78, 5) is 38.7. The molecule has 2 amide bonds. The van der Waals surface area contributed by atoms with Crippen molar-refractivity contribution in [3.05, 3.63) is 59.7 Å². The van der Waals surface area contributed by atoms with Crippen molar-refractivity contribution in [1.29, 1.82) is 0 Å². The minimum absolute atomic E-state index is 0.0964. The number of benzene rings is 2. The summed E-state index contributed by atoms with van der Waals surface area (Å²) in [5.41, 5.74) is 1.88. The lowest BCUT2D eigenvalue weighted by atomic mass is 10.1. The predicted octanol–water partition coefficient (Wildman–Crippen LogP) is 1.88. The van der Waals surface area contributed by atoms with Gasteiger partial charge in [0.15, 0.2) is 6.61 Å². The average Bonchev–Trinajstić information content (AvgIpc) is 2.64. The van der Waals surface area contributed by atoms with Crippen LogP contribution in [0.15, 0.2) is 48.5 Å². The molecule has 0 aromatic heterocycles. The lowest BCUT2D eigenvalue weighted by Crippen LogP contribution is -2.45. The minimum Gasteiger partial charge on any atom is -0.482 e. The van der Waals surface area contributed by atoms with E-state index in [1.165, 1.54) is 4.90 Å². The Morgan fingerprint density at radius 2 is 2.00 bits per heavy atom. The highest BCUT2D eigenvalue weighted by Crippen LogP contribution is 2.32. The summed E-state index contributed by atoms with van der Waals surface area (Å²) in [5.74, 6) is -0.0118. The Bertz CT molecular complexity index is 804. The zero-order valence-corrected chi connectivity index (χ0v) is 13.8. The molecule has 0 spiro atoms. The van der Waals surface area contributed by atoms with Gasteiger partial charge in [0.2, 0.25) is 5.91 Å². The van der Waals surface area contributed by atoms with Crippen LogP contribution in [0, 0.1) is 0 Å². The van der Waals surface area contributed by atoms with Crippen LogP contribution < -0.4 is 9.64 Å². The second-order valence-corrected chi connectivity index (χ2v) is 5.85. The fourth-order valence-corrected chi connectivity index (χ4v) is 2.67. The van der Waals surface area contributed by atoms with Crippen LogP contribution in [0.3, 0.4) is 0 Å². The van der Waals surface area contributed by atoms with Gasteiger partial charge in [0.1, 0.15) is 18.6 Å². The summed E-state index contributed by atoms with van der Waals surface area (Å²) in [7, 11) is 1.70. The molecule has 0 bridgehead atoms. The number of amides is 2. The largest absolute Gasteiger partial charge is 0.482 e. The molecule has 25 heavy (non-hydrogen) atoms. The van der Waals surface area contributed by atoms with Gasteiger partial charge in [0.25, 0.3) is 5.91 Å². The number of ether oxygens (including phenoxy) is 1. The summed E-state index contributed by atoms with van der Waals surface area (Å²) < 4.78 is 5.37. The Hall–Kier alpha value is -3.15. The van der Waals surface area contributed by atoms with E-state index < -0.39 is 0 Å². The molecule has 0 saturated heterocycles. The van der Waals surface area contributed by atoms with Gasteiger partial charge in [0.05, 0.1) is 5.69 Å². The molecule has 0 saturated carbocycles. The predicted molar refractivity (Wildman–Crippen MR) is 92.6 cm³/mol. The van der Waals surface area contributed by atoms with E-state index in [4.69, 9.17) is 4.74 Å². The summed E-state index contributed by atoms with van der Waals surface area (Å²) in [5, 5.41) is 0. The number of likely N-dealkylation sites (N-methyl/N-ethyl adjacent to an activating group) is 1. The monoisotopic (exact) mass is 338 g/mol. The standard InChI is InChI=1S/C19H18N2O4/c1-20(10-14-5-3-2-4-6-14)18(23)11-21-16-9-15(12-22)7-8-17(16)25-13-19(21)24/h2-9,12H,10-11,13H2,1H3. The van der Waals surface area contributed by atoms with Crippen LogP contribution in [0.4, 0.5) is 5.69 Å². The van der Waals surface area contributed by atoms with Crippen molar-refractivity contribution >= 4 is 23.8 Å². The second kappa shape index (κ2) is 7.17. The molecule has 6 nitrogen and oxygen atoms in total. The molecular weight excluding hydrogens is 320 g/mol. The van der Waals surface area contributed by atoms with Gasteiger partial charge >= 0.3 is 0 Å². The molecule has 0 atom stereocenters. The van der Waals surface area contributed by atoms with Crippen LogP contribution in [0.2, 0.25) is 0 Å². The molecule has 6 heteroatoms. The Morgan fingerprint density at radius 1 is 1.24 bits per heavy atom. The number of anilines is 1. The molecule has 3 rings (SSSR count). The van der Waals surface area contributed by atoms with E-state index in [0.29, 0.717) is 29.8 Å². The zero-order valence-electron chi connectivity index (χ0n) is 13.8. The van der Waals surface area contributed by atoms with Crippen LogP contribution in [0.25, 0.3) is 0 Å². The van der Waals surface area contributed by atoms with Crippen LogP contribution in [-0.4, -0.2) is 43.2 Å². The molecule has 1 aliphatic heterocycles. The van der Waals surface area contributed by atoms with Crippen LogP contribution in [0.1, 0.15) is 15.9 Å². The summed E-state index contributed by atoms with van der Waals surface area (Å²) in [6, 6.07) is 14.4. The molecule has 1 heterocycles. The first-order chi connectivity index (χ1) is 12.1. The van der Waals surface area contributed by atoms with Gasteiger partial charge in [-0.25, -0.2) is 0 Å². The van der Waals surface area contributed by atoms with Gasteiger partial charge in [-0.2, -0.15) is 0 Å². The number of rotatable bonds is 5. The number of aldehydes is 1. The molecule has 0 aliphatic carbocycles. The van der Waals surface area contributed by atoms with Crippen molar-refractivity contribution in [2.75, 3.05) is 25.1 Å². The lowest BCUT2D eigenvalue weighted by molar-refractivity contribution is -0.131. The highest BCUT2D eigenvalue weighted by Gasteiger charge is 2.28. The highest BCUT2D eigenvalue weighted by molar-refractivity contribution is 6.02. The quantitative estimate of drug-likeness (QED) is 0.781. The Morgan fingerprint density at radius 3 is 2.72 bits per heavy atom. The van der Waals surface area contributed by atoms with Crippen LogP contribution in [-0.2, 0) is 16.1 Å². The molecular formula is C19H18N2O4. The van der Waals surface area contributed by atoms with E-state index in [2.05, 4.69) is 0 Å². The average molecular weight is 338 g/mol. The van der Waals surface area contributed by atoms with Gasteiger partial charge in [-0.3, -0.25) is 19.3 Å². The number of carbonyl (C=O) groups is 3. The summed E-state index contributed by atoms with van der Waals surface area (Å²) >= 11 is 0. The third kappa shape index (κ3) is 3.68. The number of hydrogen-bond acceptors (Lipinski definition) is 4. The molecule has 0 radical (unpaired) electrons. The van der Waals surface area contributed by atoms with Gasteiger partial charge in [0, 0.05) is 19.2 Å². The first-order valence-corrected chi connectivity index (χ1v) is 7.89. The van der Waals surface area contributed by atoms with Gasteiger partial charge in [-0.05, 0) is 23.8 Å². The van der Waals surface area contributed by atoms with E-state index >= 15 is 0 Å². The third-order valence-electron chi connectivity index (χ3n) is 4.04. The first-order valence-electron chi connectivity index (χ1n) is 7.89. The fraction of sp³-hybridized carbons (Fsp3) is 0.211. The molecule has 2 aromatic carbocycles. The smallest absolute Gasteiger partial charge is 0.265 e. The van der Waals surface area contributed by atoms with Crippen molar-refractivity contribution in [1.82, 2.24) is 4.90 Å². The lowest BCUT2D eigenvalue weighted by Gasteiger charge is -2.30. The summed E-state index contributed by atoms with van der Waals surface area (Å²) in [6.45, 7) is 0.239. The molecule has 2 aromatic rings. The maximum Gasteiger partial charge on any atom is 0.265 e. The molecule has 0 fully saturated rings. The van der Waals surface area contributed by atoms with Crippen LogP contribution in [0.5, 0.6) is 5.75 Å². The highest BCUT2D eigenvalue weighted by atomic mass is 16.5. The fourth-order valence-electron chi connectivity index (χ4n) is 2.67. The van der Waals surface area contributed by atoms with Crippen molar-refractivity contribution in [2.45, 2.75) is 6.54 Å². The maximum atomic E-state index is 12.5. The zero-order chi connectivity index (χ0) is 17.8. The van der Waals surface area contributed by atoms with Crippen molar-refractivity contribution < 1.29 is 19.1 Å². The van der Waals surface area contributed by atoms with Crippen molar-refractivity contribution in [3.63, 3.8) is 0 Å². The third-order valence-corrected chi connectivity index (χ3v) is 4.04. The minimum atomic E-state index is -0.308. The number of hydrogen-bond donors (Lipinski definition) is 0. The van der Waals surface area contributed by atoms with Crippen LogP contribution >= 0.6 is 0 Å². The number of fused-ring (bicyclic) bond motifs is 1. The Kier molecular flexibility index (Phi) is 4.79. The molecule has 0 unspecified atom stereocenters. The van der Waals surface area contributed by atoms with Gasteiger partial charge < -0.3 is 9.64 Å².